The smallest absolute Gasteiger partial charge is 0.240 e. The zero-order valence-corrected chi connectivity index (χ0v) is 16.7. The maximum atomic E-state index is 12.7. The Labute approximate surface area is 160 Å². The second-order valence-corrected chi connectivity index (χ2v) is 8.00. The fourth-order valence-corrected chi connectivity index (χ4v) is 3.97. The Morgan fingerprint density at radius 1 is 1.19 bits per heavy atom. The van der Waals surface area contributed by atoms with E-state index in [1.54, 1.807) is 6.92 Å². The summed E-state index contributed by atoms with van der Waals surface area (Å²) in [5.41, 5.74) is 1.31. The van der Waals surface area contributed by atoms with Gasteiger partial charge in [0.2, 0.25) is 15.9 Å². The molecule has 0 spiro atoms. The van der Waals surface area contributed by atoms with E-state index in [1.165, 1.54) is 32.2 Å². The first-order valence-electron chi connectivity index (χ1n) is 8.47. The van der Waals surface area contributed by atoms with Gasteiger partial charge in [-0.1, -0.05) is 18.2 Å². The van der Waals surface area contributed by atoms with Crippen molar-refractivity contribution in [3.63, 3.8) is 0 Å². The van der Waals surface area contributed by atoms with Gasteiger partial charge in [-0.2, -0.15) is 0 Å². The summed E-state index contributed by atoms with van der Waals surface area (Å²) in [6.45, 7) is 3.65. The molecule has 0 unspecified atom stereocenters. The van der Waals surface area contributed by atoms with Gasteiger partial charge >= 0.3 is 0 Å². The highest BCUT2D eigenvalue weighted by Gasteiger charge is 2.20. The van der Waals surface area contributed by atoms with Crippen LogP contribution >= 0.6 is 0 Å². The first kappa shape index (κ1) is 20.7. The minimum atomic E-state index is -3.75. The molecule has 7 nitrogen and oxygen atoms in total. The standard InChI is InChI=1S/C19H25N3O4S/c1-14(13-22(3)16-8-6-5-7-9-16)21-27(24,25)17-10-11-19(26-4)18(12-17)20-15(2)23/h5-12,14,21H,13H2,1-4H3,(H,20,23)/t14-/m1/s1. The Hall–Kier alpha value is -2.58. The molecule has 8 heteroatoms. The molecule has 0 radical (unpaired) electrons. The molecule has 0 aromatic heterocycles. The first-order chi connectivity index (χ1) is 12.7. The highest BCUT2D eigenvalue weighted by molar-refractivity contribution is 7.89. The van der Waals surface area contributed by atoms with Crippen LogP contribution in [0, 0.1) is 0 Å². The third-order valence-corrected chi connectivity index (χ3v) is 5.48. The van der Waals surface area contributed by atoms with Crippen LogP contribution in [0.3, 0.4) is 0 Å². The molecule has 0 bridgehead atoms. The predicted molar refractivity (Wildman–Crippen MR) is 107 cm³/mol. The fraction of sp³-hybridized carbons (Fsp3) is 0.316. The monoisotopic (exact) mass is 391 g/mol. The largest absolute Gasteiger partial charge is 0.495 e. The van der Waals surface area contributed by atoms with Gasteiger partial charge < -0.3 is 15.0 Å². The molecule has 146 valence electrons. The van der Waals surface area contributed by atoms with Crippen LogP contribution < -0.4 is 19.7 Å². The molecular weight excluding hydrogens is 366 g/mol. The molecule has 2 aromatic carbocycles. The van der Waals surface area contributed by atoms with Crippen molar-refractivity contribution in [2.45, 2.75) is 24.8 Å². The SMILES string of the molecule is COc1ccc(S(=O)(=O)N[C@H](C)CN(C)c2ccccc2)cc1NC(C)=O. The Morgan fingerprint density at radius 2 is 1.85 bits per heavy atom. The Bertz CT molecular complexity index is 885. The highest BCUT2D eigenvalue weighted by Crippen LogP contribution is 2.27. The number of sulfonamides is 1. The summed E-state index contributed by atoms with van der Waals surface area (Å²) >= 11 is 0. The topological polar surface area (TPSA) is 87.7 Å². The van der Waals surface area contributed by atoms with Gasteiger partial charge in [0.25, 0.3) is 0 Å². The Morgan fingerprint density at radius 3 is 2.44 bits per heavy atom. The zero-order chi connectivity index (χ0) is 20.0. The van der Waals surface area contributed by atoms with Crippen molar-refractivity contribution in [3.8, 4) is 5.75 Å². The van der Waals surface area contributed by atoms with Crippen LogP contribution in [0.1, 0.15) is 13.8 Å². The van der Waals surface area contributed by atoms with Gasteiger partial charge in [-0.3, -0.25) is 4.79 Å². The number of nitrogens with zero attached hydrogens (tertiary/aromatic N) is 1. The lowest BCUT2D eigenvalue weighted by Gasteiger charge is -2.24. The number of hydrogen-bond acceptors (Lipinski definition) is 5. The summed E-state index contributed by atoms with van der Waals surface area (Å²) in [6, 6.07) is 13.7. The molecule has 0 saturated heterocycles. The number of carbonyl (C=O) groups excluding carboxylic acids is 1. The number of hydrogen-bond donors (Lipinski definition) is 2. The molecule has 0 fully saturated rings. The van der Waals surface area contributed by atoms with Gasteiger partial charge in [-0.05, 0) is 37.3 Å². The molecule has 0 aliphatic rings. The van der Waals surface area contributed by atoms with Crippen LogP contribution in [0.5, 0.6) is 5.75 Å². The highest BCUT2D eigenvalue weighted by atomic mass is 32.2. The maximum Gasteiger partial charge on any atom is 0.240 e. The number of likely N-dealkylation sites (N-methyl/N-ethyl adjacent to an activating group) is 1. The molecule has 1 amide bonds. The van der Waals surface area contributed by atoms with Crippen molar-refractivity contribution in [2.24, 2.45) is 0 Å². The summed E-state index contributed by atoms with van der Waals surface area (Å²) in [5.74, 6) is 0.0784. The molecule has 2 rings (SSSR count). The summed E-state index contributed by atoms with van der Waals surface area (Å²) in [4.78, 5) is 13.4. The van der Waals surface area contributed by atoms with Crippen LogP contribution in [-0.2, 0) is 14.8 Å². The second kappa shape index (κ2) is 8.88. The molecule has 0 aliphatic carbocycles. The lowest BCUT2D eigenvalue weighted by Crippen LogP contribution is -2.40. The number of ether oxygens (including phenoxy) is 1. The van der Waals surface area contributed by atoms with E-state index in [-0.39, 0.29) is 16.8 Å². The van der Waals surface area contributed by atoms with Crippen molar-refractivity contribution in [2.75, 3.05) is 30.9 Å². The quantitative estimate of drug-likeness (QED) is 0.722. The predicted octanol–water partition coefficient (Wildman–Crippen LogP) is 2.46. The van der Waals surface area contributed by atoms with Crippen molar-refractivity contribution in [1.29, 1.82) is 0 Å². The molecule has 0 saturated carbocycles. The van der Waals surface area contributed by atoms with Gasteiger partial charge in [-0.15, -0.1) is 0 Å². The number of rotatable bonds is 8. The first-order valence-corrected chi connectivity index (χ1v) is 9.95. The molecule has 0 heterocycles. The number of amides is 1. The third-order valence-electron chi connectivity index (χ3n) is 3.89. The van der Waals surface area contributed by atoms with Crippen LogP contribution in [0.2, 0.25) is 0 Å². The molecular formula is C19H25N3O4S. The molecule has 0 aliphatic heterocycles. The number of para-hydroxylation sites is 1. The minimum absolute atomic E-state index is 0.0567. The summed E-state index contributed by atoms with van der Waals surface area (Å²) < 4.78 is 33.3. The van der Waals surface area contributed by atoms with Crippen molar-refractivity contribution in [1.82, 2.24) is 4.72 Å². The number of benzene rings is 2. The normalized spacial score (nSPS) is 12.3. The van der Waals surface area contributed by atoms with E-state index in [0.29, 0.717) is 18.0 Å². The van der Waals surface area contributed by atoms with E-state index in [2.05, 4.69) is 10.0 Å². The van der Waals surface area contributed by atoms with E-state index in [9.17, 15) is 13.2 Å². The number of nitrogens with one attached hydrogen (secondary N) is 2. The van der Waals surface area contributed by atoms with Crippen molar-refractivity contribution in [3.05, 3.63) is 48.5 Å². The van der Waals surface area contributed by atoms with Crippen molar-refractivity contribution < 1.29 is 17.9 Å². The van der Waals surface area contributed by atoms with E-state index in [4.69, 9.17) is 4.74 Å². The second-order valence-electron chi connectivity index (χ2n) is 6.28. The molecule has 27 heavy (non-hydrogen) atoms. The van der Waals surface area contributed by atoms with Crippen LogP contribution in [0.15, 0.2) is 53.4 Å². The van der Waals surface area contributed by atoms with E-state index >= 15 is 0 Å². The summed E-state index contributed by atoms with van der Waals surface area (Å²) in [5, 5.41) is 2.58. The lowest BCUT2D eigenvalue weighted by molar-refractivity contribution is -0.114. The van der Waals surface area contributed by atoms with Crippen LogP contribution in [0.4, 0.5) is 11.4 Å². The number of carbonyl (C=O) groups is 1. The van der Waals surface area contributed by atoms with Crippen LogP contribution in [-0.4, -0.2) is 41.1 Å². The summed E-state index contributed by atoms with van der Waals surface area (Å²) in [7, 11) is -0.396. The van der Waals surface area contributed by atoms with Gasteiger partial charge in [0.05, 0.1) is 17.7 Å². The zero-order valence-electron chi connectivity index (χ0n) is 15.9. The Balaban J connectivity index is 2.14. The fourth-order valence-electron chi connectivity index (χ4n) is 2.71. The van der Waals surface area contributed by atoms with E-state index < -0.39 is 10.0 Å². The molecule has 1 atom stereocenters. The summed E-state index contributed by atoms with van der Waals surface area (Å²) in [6.07, 6.45) is 0. The van der Waals surface area contributed by atoms with Crippen molar-refractivity contribution >= 4 is 27.3 Å². The van der Waals surface area contributed by atoms with Gasteiger partial charge in [-0.25, -0.2) is 13.1 Å². The Kier molecular flexibility index (Phi) is 6.81. The molecule has 2 aromatic rings. The average Bonchev–Trinajstić information content (AvgIpc) is 2.61. The van der Waals surface area contributed by atoms with Crippen LogP contribution in [0.25, 0.3) is 0 Å². The third kappa shape index (κ3) is 5.70. The van der Waals surface area contributed by atoms with E-state index in [0.717, 1.165) is 5.69 Å². The lowest BCUT2D eigenvalue weighted by atomic mass is 10.2. The van der Waals surface area contributed by atoms with Gasteiger partial charge in [0, 0.05) is 32.2 Å². The number of methoxy groups -OCH3 is 1. The average molecular weight is 391 g/mol. The van der Waals surface area contributed by atoms with E-state index in [1.807, 2.05) is 42.3 Å². The maximum absolute atomic E-state index is 12.7. The minimum Gasteiger partial charge on any atom is -0.495 e. The number of anilines is 2. The molecule has 2 N–H and O–H groups in total. The van der Waals surface area contributed by atoms with Gasteiger partial charge in [0.1, 0.15) is 5.75 Å². The van der Waals surface area contributed by atoms with Gasteiger partial charge in [0.15, 0.2) is 0 Å².